The summed E-state index contributed by atoms with van der Waals surface area (Å²) < 4.78 is 21.7. The smallest absolute Gasteiger partial charge is 0.474 e. The molecule has 0 unspecified atom stereocenters. The first-order valence-corrected chi connectivity index (χ1v) is 15.3. The molecule has 15 heteroatoms. The fraction of sp³-hybridized carbons (Fsp3) is 0.640. The number of benzene rings is 1. The summed E-state index contributed by atoms with van der Waals surface area (Å²) in [5.74, 6) is 2.08. The number of hydrogen-bond acceptors (Lipinski definition) is 9. The fourth-order valence-corrected chi connectivity index (χ4v) is 5.88. The second kappa shape index (κ2) is 14.3. The molecule has 12 nitrogen and oxygen atoms in total. The van der Waals surface area contributed by atoms with E-state index in [-0.39, 0.29) is 25.2 Å². The summed E-state index contributed by atoms with van der Waals surface area (Å²) in [5, 5.41) is 7.30. The molecule has 1 aliphatic heterocycles. The summed E-state index contributed by atoms with van der Waals surface area (Å²) in [6.07, 6.45) is 8.66. The van der Waals surface area contributed by atoms with Crippen LogP contribution in [0.5, 0.6) is 5.75 Å². The maximum Gasteiger partial charge on any atom is 0.474 e. The number of nitrogens with one attached hydrogen (secondary N) is 2. The third-order valence-electron chi connectivity index (χ3n) is 7.63. The Balaban J connectivity index is 0.00000441. The Bertz CT molecular complexity index is 1160. The number of phosphoric acid groups is 1. The van der Waals surface area contributed by atoms with Crippen molar-refractivity contribution in [1.29, 1.82) is 0 Å². The van der Waals surface area contributed by atoms with Crippen molar-refractivity contribution in [2.75, 3.05) is 56.6 Å². The van der Waals surface area contributed by atoms with E-state index in [1.807, 2.05) is 20.2 Å². The summed E-state index contributed by atoms with van der Waals surface area (Å²) in [6, 6.07) is 5.89. The quantitative estimate of drug-likeness (QED) is 0.175. The summed E-state index contributed by atoms with van der Waals surface area (Å²) in [6.45, 7) is 1.39. The second-order valence-corrected chi connectivity index (χ2v) is 12.4. The van der Waals surface area contributed by atoms with E-state index in [1.54, 1.807) is 19.2 Å². The molecule has 0 spiro atoms. The van der Waals surface area contributed by atoms with Crippen molar-refractivity contribution in [3.05, 3.63) is 23.2 Å². The van der Waals surface area contributed by atoms with E-state index in [0.717, 1.165) is 31.4 Å². The van der Waals surface area contributed by atoms with E-state index in [4.69, 9.17) is 40.6 Å². The van der Waals surface area contributed by atoms with E-state index in [9.17, 15) is 4.57 Å². The Labute approximate surface area is 247 Å². The van der Waals surface area contributed by atoms with Crippen molar-refractivity contribution in [3.63, 3.8) is 0 Å². The Kier molecular flexibility index (Phi) is 11.7. The minimum Gasteiger partial charge on any atom is -1.00 e. The lowest BCUT2D eigenvalue weighted by atomic mass is 10.0. The molecule has 1 aliphatic carbocycles. The van der Waals surface area contributed by atoms with Crippen LogP contribution in [0.3, 0.4) is 0 Å². The van der Waals surface area contributed by atoms with Crippen molar-refractivity contribution in [3.8, 4) is 5.75 Å². The first kappa shape index (κ1) is 32.6. The van der Waals surface area contributed by atoms with E-state index >= 15 is 0 Å². The molecule has 2 heterocycles. The number of quaternary nitrogens is 1. The fourth-order valence-electron chi connectivity index (χ4n) is 5.19. The number of anilines is 4. The number of hydrogen-bond donors (Lipinski definition) is 4. The van der Waals surface area contributed by atoms with Crippen molar-refractivity contribution < 1.29 is 40.5 Å². The standard InChI is InChI=1S/C25H39ClN7O5P.ClH/c1-32(20-12-14-33(2,15-13-20)17-38-39(34,35)36)25-30-23(27-18-8-6-4-5-7-9-18)29-24(31-25)28-19-10-11-22(37-3)21(26)16-19;/h10-11,16,18,20H,4-9,12-15,17H2,1-3H3,(H3-,27,28,29,30,31,34,35,36);1H. The number of phosphoric ester groups is 1. The van der Waals surface area contributed by atoms with Crippen molar-refractivity contribution in [1.82, 2.24) is 15.0 Å². The van der Waals surface area contributed by atoms with Gasteiger partial charge in [-0.05, 0) is 31.0 Å². The molecular weight excluding hydrogens is 580 g/mol. The van der Waals surface area contributed by atoms with Crippen LogP contribution in [0.15, 0.2) is 18.2 Å². The lowest BCUT2D eigenvalue weighted by Gasteiger charge is -2.42. The molecule has 2 aromatic rings. The summed E-state index contributed by atoms with van der Waals surface area (Å²) in [4.78, 5) is 34.5. The Morgan fingerprint density at radius 1 is 1.07 bits per heavy atom. The molecule has 40 heavy (non-hydrogen) atoms. The number of methoxy groups -OCH3 is 1. The largest absolute Gasteiger partial charge is 1.00 e. The van der Waals surface area contributed by atoms with Crippen LogP contribution in [0.25, 0.3) is 0 Å². The minimum absolute atomic E-state index is 0. The Hall–Kier alpha value is -1.92. The van der Waals surface area contributed by atoms with Gasteiger partial charge in [0.1, 0.15) is 5.75 Å². The van der Waals surface area contributed by atoms with Gasteiger partial charge in [-0.1, -0.05) is 37.3 Å². The van der Waals surface area contributed by atoms with Crippen LogP contribution in [0.4, 0.5) is 23.5 Å². The van der Waals surface area contributed by atoms with Crippen LogP contribution in [0.1, 0.15) is 51.4 Å². The van der Waals surface area contributed by atoms with E-state index in [1.165, 1.54) is 25.7 Å². The van der Waals surface area contributed by atoms with Crippen LogP contribution >= 0.6 is 19.4 Å². The zero-order valence-electron chi connectivity index (χ0n) is 23.2. The molecule has 224 valence electrons. The van der Waals surface area contributed by atoms with Gasteiger partial charge in [0, 0.05) is 37.7 Å². The molecule has 2 fully saturated rings. The highest BCUT2D eigenvalue weighted by atomic mass is 35.5. The Morgan fingerprint density at radius 3 is 2.33 bits per heavy atom. The van der Waals surface area contributed by atoms with Crippen molar-refractivity contribution in [2.45, 2.75) is 63.5 Å². The molecule has 4 rings (SSSR count). The molecule has 0 amide bonds. The highest BCUT2D eigenvalue weighted by Gasteiger charge is 2.35. The van der Waals surface area contributed by atoms with Gasteiger partial charge >= 0.3 is 7.82 Å². The van der Waals surface area contributed by atoms with Gasteiger partial charge in [0.25, 0.3) is 0 Å². The maximum absolute atomic E-state index is 11.2. The number of ether oxygens (including phenoxy) is 1. The minimum atomic E-state index is -4.51. The van der Waals surface area contributed by atoms with Gasteiger partial charge < -0.3 is 46.9 Å². The SMILES string of the molecule is COc1ccc(Nc2nc(NC3CCCCCC3)nc(N(C)C3CC[N+](C)(COP(=O)(O)O)CC3)n2)cc1Cl.[Cl-]. The molecule has 1 aromatic carbocycles. The number of piperidine rings is 1. The van der Waals surface area contributed by atoms with Crippen LogP contribution in [0, 0.1) is 0 Å². The van der Waals surface area contributed by atoms with Gasteiger partial charge in [-0.15, -0.1) is 0 Å². The molecule has 1 aromatic heterocycles. The third-order valence-corrected chi connectivity index (χ3v) is 8.37. The molecule has 0 radical (unpaired) electrons. The van der Waals surface area contributed by atoms with Crippen molar-refractivity contribution >= 4 is 43.0 Å². The highest BCUT2D eigenvalue weighted by molar-refractivity contribution is 7.46. The average molecular weight is 621 g/mol. The monoisotopic (exact) mass is 619 g/mol. The summed E-state index contributed by atoms with van der Waals surface area (Å²) in [7, 11) is 0.997. The summed E-state index contributed by atoms with van der Waals surface area (Å²) >= 11 is 6.33. The van der Waals surface area contributed by atoms with Gasteiger partial charge in [0.05, 0.1) is 32.3 Å². The highest BCUT2D eigenvalue weighted by Crippen LogP contribution is 2.37. The third kappa shape index (κ3) is 9.30. The molecule has 2 aliphatic rings. The Morgan fingerprint density at radius 2 is 1.73 bits per heavy atom. The van der Waals surface area contributed by atoms with E-state index in [0.29, 0.717) is 52.2 Å². The van der Waals surface area contributed by atoms with Gasteiger partial charge in [-0.25, -0.2) is 9.09 Å². The van der Waals surface area contributed by atoms with Crippen molar-refractivity contribution in [2.24, 2.45) is 0 Å². The van der Waals surface area contributed by atoms with E-state index in [2.05, 4.69) is 20.5 Å². The first-order chi connectivity index (χ1) is 18.5. The molecular formula is C25H40Cl2N7O5P. The lowest BCUT2D eigenvalue weighted by Crippen LogP contribution is -3.00. The van der Waals surface area contributed by atoms with Crippen LogP contribution < -0.4 is 32.7 Å². The lowest BCUT2D eigenvalue weighted by molar-refractivity contribution is -0.929. The zero-order chi connectivity index (χ0) is 28.0. The molecule has 0 atom stereocenters. The zero-order valence-corrected chi connectivity index (χ0v) is 25.6. The molecule has 1 saturated carbocycles. The average Bonchev–Trinajstić information content (AvgIpc) is 3.16. The molecule has 4 N–H and O–H groups in total. The molecule has 0 bridgehead atoms. The van der Waals surface area contributed by atoms with E-state index < -0.39 is 7.82 Å². The predicted octanol–water partition coefficient (Wildman–Crippen LogP) is 1.53. The first-order valence-electron chi connectivity index (χ1n) is 13.4. The topological polar surface area (TPSA) is 142 Å². The van der Waals surface area contributed by atoms with Crippen LogP contribution in [-0.4, -0.2) is 82.3 Å². The van der Waals surface area contributed by atoms with Gasteiger partial charge in [-0.2, -0.15) is 15.0 Å². The summed E-state index contributed by atoms with van der Waals surface area (Å²) in [5.41, 5.74) is 0.733. The molecule has 1 saturated heterocycles. The van der Waals surface area contributed by atoms with Gasteiger partial charge in [-0.3, -0.25) is 0 Å². The predicted molar refractivity (Wildman–Crippen MR) is 152 cm³/mol. The number of halogens is 2. The van der Waals surface area contributed by atoms with Gasteiger partial charge in [0.15, 0.2) is 6.73 Å². The second-order valence-electron chi connectivity index (χ2n) is 10.7. The number of aromatic nitrogens is 3. The van der Waals surface area contributed by atoms with Crippen LogP contribution in [0.2, 0.25) is 5.02 Å². The number of nitrogens with zero attached hydrogens (tertiary/aromatic N) is 5. The van der Waals surface area contributed by atoms with Crippen LogP contribution in [-0.2, 0) is 9.09 Å². The maximum atomic E-state index is 11.2. The van der Waals surface area contributed by atoms with Gasteiger partial charge in [0.2, 0.25) is 17.8 Å². The number of rotatable bonds is 10. The normalized spacial score (nSPS) is 22.1. The number of likely N-dealkylation sites (tertiary alicyclic amines) is 1.